The Kier molecular flexibility index (Phi) is 5.83. The Bertz CT molecular complexity index is 2630. The van der Waals surface area contributed by atoms with Crippen molar-refractivity contribution >= 4 is 91.2 Å². The molecule has 0 radical (unpaired) electrons. The summed E-state index contributed by atoms with van der Waals surface area (Å²) in [6.07, 6.45) is 0. The van der Waals surface area contributed by atoms with Crippen molar-refractivity contribution in [2.75, 3.05) is 9.80 Å². The number of thiophene rings is 1. The molecule has 0 spiro atoms. The number of aromatic nitrogens is 4. The number of hydrogen-bond acceptors (Lipinski definition) is 9. The fourth-order valence-electron chi connectivity index (χ4n) is 8.36. The van der Waals surface area contributed by atoms with Crippen molar-refractivity contribution in [3.63, 3.8) is 0 Å². The summed E-state index contributed by atoms with van der Waals surface area (Å²) < 4.78 is 14.8. The summed E-state index contributed by atoms with van der Waals surface area (Å²) in [4.78, 5) is 25.8. The van der Waals surface area contributed by atoms with Crippen LogP contribution in [0.25, 0.3) is 0 Å². The van der Waals surface area contributed by atoms with E-state index in [4.69, 9.17) is 29.4 Å². The molecule has 0 N–H and O–H groups in total. The molecule has 0 bridgehead atoms. The number of benzene rings is 4. The van der Waals surface area contributed by atoms with Crippen LogP contribution in [0.3, 0.4) is 0 Å². The summed E-state index contributed by atoms with van der Waals surface area (Å²) in [6.45, 7) is 8.02. The summed E-state index contributed by atoms with van der Waals surface area (Å²) in [7, 11) is 0. The second-order valence-corrected chi connectivity index (χ2v) is 14.8. The van der Waals surface area contributed by atoms with Crippen molar-refractivity contribution < 1.29 is 9.47 Å². The van der Waals surface area contributed by atoms with E-state index in [1.807, 2.05) is 43.4 Å². The highest BCUT2D eigenvalue weighted by Crippen LogP contribution is 2.44. The maximum atomic E-state index is 6.78. The van der Waals surface area contributed by atoms with Gasteiger partial charge in [-0.15, -0.1) is 0 Å². The molecule has 7 aromatic rings. The molecule has 4 aliphatic rings. The first-order chi connectivity index (χ1) is 24.9. The van der Waals surface area contributed by atoms with Gasteiger partial charge in [-0.1, -0.05) is 60.7 Å². The lowest BCUT2D eigenvalue weighted by molar-refractivity contribution is 0.444. The molecule has 51 heavy (non-hydrogen) atoms. The van der Waals surface area contributed by atoms with Crippen LogP contribution in [0.2, 0.25) is 0 Å². The van der Waals surface area contributed by atoms with Crippen LogP contribution < -0.4 is 51.4 Å². The molecule has 11 rings (SSSR count). The Hall–Kier alpha value is -5.93. The van der Waals surface area contributed by atoms with E-state index in [2.05, 4.69) is 103 Å². The maximum Gasteiger partial charge on any atom is 0.273 e. The van der Waals surface area contributed by atoms with Gasteiger partial charge in [-0.25, -0.2) is 9.97 Å². The topological polar surface area (TPSA) is 76.5 Å². The molecular formula is C40H28B2N6O2S. The molecule has 0 aliphatic carbocycles. The number of aryl methyl sites for hydroxylation is 3. The Labute approximate surface area is 299 Å². The van der Waals surface area contributed by atoms with E-state index in [1.54, 1.807) is 0 Å². The summed E-state index contributed by atoms with van der Waals surface area (Å²) in [5.41, 5.74) is 10.9. The second-order valence-electron chi connectivity index (χ2n) is 13.5. The van der Waals surface area contributed by atoms with Crippen molar-refractivity contribution in [1.29, 1.82) is 0 Å². The average Bonchev–Trinajstić information content (AvgIpc) is 3.43. The molecule has 4 aromatic carbocycles. The van der Waals surface area contributed by atoms with Gasteiger partial charge in [-0.3, -0.25) is 9.80 Å². The highest BCUT2D eigenvalue weighted by Gasteiger charge is 2.49. The van der Waals surface area contributed by atoms with Crippen LogP contribution in [0.5, 0.6) is 23.3 Å². The summed E-state index contributed by atoms with van der Waals surface area (Å²) in [6, 6.07) is 33.9. The molecule has 0 saturated carbocycles. The zero-order valence-electron chi connectivity index (χ0n) is 28.3. The molecule has 242 valence electrons. The molecule has 0 atom stereocenters. The van der Waals surface area contributed by atoms with Crippen molar-refractivity contribution in [3.05, 3.63) is 119 Å². The molecule has 4 aliphatic heterocycles. The van der Waals surface area contributed by atoms with Crippen LogP contribution >= 0.6 is 11.3 Å². The number of para-hydroxylation sites is 3. The first-order valence-electron chi connectivity index (χ1n) is 17.1. The van der Waals surface area contributed by atoms with E-state index in [0.29, 0.717) is 23.4 Å². The smallest absolute Gasteiger partial charge is 0.273 e. The van der Waals surface area contributed by atoms with Gasteiger partial charge in [0.2, 0.25) is 11.8 Å². The van der Waals surface area contributed by atoms with Crippen LogP contribution in [0.15, 0.2) is 97.1 Å². The van der Waals surface area contributed by atoms with E-state index in [9.17, 15) is 0 Å². The first kappa shape index (κ1) is 28.9. The summed E-state index contributed by atoms with van der Waals surface area (Å²) in [5, 5.41) is 0. The van der Waals surface area contributed by atoms with E-state index in [1.165, 1.54) is 26.4 Å². The molecule has 11 heteroatoms. The van der Waals surface area contributed by atoms with Gasteiger partial charge in [0.05, 0.1) is 5.69 Å². The minimum atomic E-state index is -0.147. The Morgan fingerprint density at radius 1 is 0.569 bits per heavy atom. The van der Waals surface area contributed by atoms with Gasteiger partial charge in [0.15, 0.2) is 0 Å². The van der Waals surface area contributed by atoms with Crippen molar-refractivity contribution in [3.8, 4) is 23.3 Å². The predicted molar refractivity (Wildman–Crippen MR) is 206 cm³/mol. The Morgan fingerprint density at radius 3 is 1.78 bits per heavy atom. The van der Waals surface area contributed by atoms with Gasteiger partial charge in [0.1, 0.15) is 34.8 Å². The van der Waals surface area contributed by atoms with E-state index < -0.39 is 0 Å². The standard InChI is InChI=1S/C40H28B2N6O2S/c1-21-22(2)51-36-35(21)48(26-15-9-6-10-16-26)38-34-40(46-24(4)44-38)50-32-20-31-28(19-29(32)42(34)36)41-27-17-11-12-18-30(27)47(25-13-7-5-8-14-25)37-33(41)39(49-31)45-23(3)43-37/h5-20H,1-4H3. The number of ether oxygens (including phenoxy) is 2. The highest BCUT2D eigenvalue weighted by atomic mass is 32.1. The van der Waals surface area contributed by atoms with Crippen LogP contribution in [0.1, 0.15) is 22.1 Å². The normalized spacial score (nSPS) is 14.0. The number of rotatable bonds is 2. The quantitative estimate of drug-likeness (QED) is 0.226. The molecule has 7 heterocycles. The van der Waals surface area contributed by atoms with Crippen LogP contribution in [0, 0.1) is 27.7 Å². The monoisotopic (exact) mass is 678 g/mol. The van der Waals surface area contributed by atoms with Crippen LogP contribution in [0.4, 0.5) is 34.4 Å². The number of fused-ring (bicyclic) bond motifs is 8. The Balaban J connectivity index is 1.17. The molecule has 0 amide bonds. The highest BCUT2D eigenvalue weighted by molar-refractivity contribution is 7.29. The van der Waals surface area contributed by atoms with Gasteiger partial charge in [0.25, 0.3) is 13.4 Å². The van der Waals surface area contributed by atoms with Crippen LogP contribution in [-0.2, 0) is 0 Å². The molecular weight excluding hydrogens is 650 g/mol. The third-order valence-corrected chi connectivity index (χ3v) is 11.8. The predicted octanol–water partition coefficient (Wildman–Crippen LogP) is 5.37. The minimum Gasteiger partial charge on any atom is -0.440 e. The fourth-order valence-corrected chi connectivity index (χ4v) is 9.64. The lowest BCUT2D eigenvalue weighted by Crippen LogP contribution is -2.63. The maximum absolute atomic E-state index is 6.78. The zero-order chi connectivity index (χ0) is 34.1. The van der Waals surface area contributed by atoms with Crippen LogP contribution in [-0.4, -0.2) is 33.4 Å². The number of hydrogen-bond donors (Lipinski definition) is 0. The van der Waals surface area contributed by atoms with E-state index in [-0.39, 0.29) is 13.4 Å². The number of nitrogens with zero attached hydrogens (tertiary/aromatic N) is 6. The zero-order valence-corrected chi connectivity index (χ0v) is 29.1. The lowest BCUT2D eigenvalue weighted by atomic mass is 9.32. The van der Waals surface area contributed by atoms with Gasteiger partial charge in [-0.05, 0) is 80.0 Å². The molecule has 0 unspecified atom stereocenters. The summed E-state index contributed by atoms with van der Waals surface area (Å²) in [5.74, 6) is 5.63. The Morgan fingerprint density at radius 2 is 1.12 bits per heavy atom. The number of anilines is 6. The van der Waals surface area contributed by atoms with Crippen molar-refractivity contribution in [2.24, 2.45) is 0 Å². The average molecular weight is 678 g/mol. The molecule has 0 fully saturated rings. The molecule has 0 saturated heterocycles. The van der Waals surface area contributed by atoms with Crippen molar-refractivity contribution in [2.45, 2.75) is 27.7 Å². The third kappa shape index (κ3) is 3.92. The first-order valence-corrected chi connectivity index (χ1v) is 18.0. The van der Waals surface area contributed by atoms with Gasteiger partial charge >= 0.3 is 0 Å². The van der Waals surface area contributed by atoms with Gasteiger partial charge < -0.3 is 9.47 Å². The largest absolute Gasteiger partial charge is 0.440 e. The SMILES string of the molecule is Cc1nc2c3c(n1)N(c1ccccc1)c1ccccc1B3c1cc3c(cc1O2)Oc1nc(C)nc2c1B3c1sc(C)c(C)c1N2c1ccccc1. The minimum absolute atomic E-state index is 0.119. The molecule has 8 nitrogen and oxygen atoms in total. The lowest BCUT2D eigenvalue weighted by Gasteiger charge is -2.40. The molecule has 3 aromatic heterocycles. The van der Waals surface area contributed by atoms with E-state index >= 15 is 0 Å². The van der Waals surface area contributed by atoms with Crippen molar-refractivity contribution in [1.82, 2.24) is 19.9 Å². The summed E-state index contributed by atoms with van der Waals surface area (Å²) >= 11 is 1.85. The second kappa shape index (κ2) is 10.3. The van der Waals surface area contributed by atoms with Gasteiger partial charge in [0, 0.05) is 43.7 Å². The van der Waals surface area contributed by atoms with Gasteiger partial charge in [-0.2, -0.15) is 21.3 Å². The fraction of sp³-hybridized carbons (Fsp3) is 0.100. The van der Waals surface area contributed by atoms with E-state index in [0.717, 1.165) is 62.0 Å². The third-order valence-electron chi connectivity index (χ3n) is 10.6.